The van der Waals surface area contributed by atoms with Gasteiger partial charge in [0.1, 0.15) is 6.54 Å². The quantitative estimate of drug-likeness (QED) is 0.797. The molecule has 6 nitrogen and oxygen atoms in total. The molecule has 2 rings (SSSR count). The molecule has 0 atom stereocenters. The van der Waals surface area contributed by atoms with Crippen molar-refractivity contribution in [3.8, 4) is 12.3 Å². The lowest BCUT2D eigenvalue weighted by Gasteiger charge is -2.23. The predicted octanol–water partition coefficient (Wildman–Crippen LogP) is 1.77. The van der Waals surface area contributed by atoms with Crippen molar-refractivity contribution in [2.45, 2.75) is 11.8 Å². The second-order valence-electron chi connectivity index (χ2n) is 6.01. The van der Waals surface area contributed by atoms with Crippen LogP contribution in [0.25, 0.3) is 0 Å². The summed E-state index contributed by atoms with van der Waals surface area (Å²) in [6.07, 6.45) is 6.50. The van der Waals surface area contributed by atoms with Gasteiger partial charge in [-0.05, 0) is 42.8 Å². The fourth-order valence-corrected chi connectivity index (χ4v) is 3.12. The summed E-state index contributed by atoms with van der Waals surface area (Å²) in [5.41, 5.74) is 1.81. The highest BCUT2D eigenvalue weighted by atomic mass is 32.2. The molecule has 0 bridgehead atoms. The van der Waals surface area contributed by atoms with Gasteiger partial charge in [-0.3, -0.25) is 14.5 Å². The molecule has 2 amide bonds. The molecule has 0 saturated heterocycles. The minimum absolute atomic E-state index is 0.0359. The maximum atomic E-state index is 13.2. The molecule has 0 unspecified atom stereocenters. The van der Waals surface area contributed by atoms with Gasteiger partial charge in [0.2, 0.25) is 5.91 Å². The minimum atomic E-state index is -3.48. The maximum Gasteiger partial charge on any atom is 0.259 e. The Hall–Kier alpha value is -3.11. The highest BCUT2D eigenvalue weighted by Crippen LogP contribution is 2.22. The molecule has 0 heterocycles. The number of amides is 2. The number of likely N-dealkylation sites (N-methyl/N-ethyl adjacent to an activating group) is 1. The zero-order chi connectivity index (χ0) is 20.2. The van der Waals surface area contributed by atoms with Crippen LogP contribution in [-0.4, -0.2) is 40.1 Å². The molecule has 2 aromatic rings. The van der Waals surface area contributed by atoms with Gasteiger partial charge in [0, 0.05) is 30.1 Å². The van der Waals surface area contributed by atoms with Crippen molar-refractivity contribution < 1.29 is 18.0 Å². The van der Waals surface area contributed by atoms with Crippen LogP contribution < -0.4 is 10.2 Å². The Labute approximate surface area is 159 Å². The molecule has 0 aromatic heterocycles. The molecular weight excluding hydrogens is 364 g/mol. The van der Waals surface area contributed by atoms with E-state index in [0.717, 1.165) is 6.26 Å². The molecule has 0 fully saturated rings. The number of hydrogen-bond acceptors (Lipinski definition) is 4. The smallest absolute Gasteiger partial charge is 0.259 e. The summed E-state index contributed by atoms with van der Waals surface area (Å²) < 4.78 is 23.7. The molecule has 0 aliphatic carbocycles. The summed E-state index contributed by atoms with van der Waals surface area (Å²) in [5.74, 6) is 1.63. The summed E-state index contributed by atoms with van der Waals surface area (Å²) in [5, 5.41) is 2.48. The summed E-state index contributed by atoms with van der Waals surface area (Å²) in [6, 6.07) is 11.0. The summed E-state index contributed by atoms with van der Waals surface area (Å²) in [7, 11) is -2.01. The topological polar surface area (TPSA) is 83.6 Å². The van der Waals surface area contributed by atoms with E-state index < -0.39 is 15.7 Å². The normalized spacial score (nSPS) is 10.7. The third-order valence-corrected chi connectivity index (χ3v) is 5.13. The van der Waals surface area contributed by atoms with Gasteiger partial charge in [-0.15, -0.1) is 6.42 Å². The highest BCUT2D eigenvalue weighted by molar-refractivity contribution is 7.90. The van der Waals surface area contributed by atoms with Gasteiger partial charge in [0.05, 0.1) is 4.90 Å². The van der Waals surface area contributed by atoms with Crippen molar-refractivity contribution in [3.05, 3.63) is 59.2 Å². The number of sulfone groups is 1. The number of nitrogens with one attached hydrogen (secondary N) is 1. The van der Waals surface area contributed by atoms with E-state index in [2.05, 4.69) is 11.2 Å². The van der Waals surface area contributed by atoms with Crippen molar-refractivity contribution in [2.24, 2.45) is 0 Å². The van der Waals surface area contributed by atoms with Gasteiger partial charge in [0.15, 0.2) is 9.84 Å². The molecule has 1 N–H and O–H groups in total. The van der Waals surface area contributed by atoms with Crippen molar-refractivity contribution in [1.29, 1.82) is 0 Å². The third kappa shape index (κ3) is 4.74. The third-order valence-electron chi connectivity index (χ3n) is 4.02. The maximum absolute atomic E-state index is 13.2. The van der Waals surface area contributed by atoms with E-state index in [0.29, 0.717) is 16.8 Å². The summed E-state index contributed by atoms with van der Waals surface area (Å²) in [4.78, 5) is 26.5. The first-order valence-electron chi connectivity index (χ1n) is 8.07. The fraction of sp³-hybridized carbons (Fsp3) is 0.200. The van der Waals surface area contributed by atoms with Gasteiger partial charge in [0.25, 0.3) is 5.91 Å². The molecule has 0 spiro atoms. The predicted molar refractivity (Wildman–Crippen MR) is 104 cm³/mol. The minimum Gasteiger partial charge on any atom is -0.358 e. The number of anilines is 1. The monoisotopic (exact) mass is 384 g/mol. The van der Waals surface area contributed by atoms with Crippen LogP contribution in [-0.2, 0) is 14.6 Å². The van der Waals surface area contributed by atoms with Gasteiger partial charge in [-0.1, -0.05) is 18.1 Å². The van der Waals surface area contributed by atoms with Crippen molar-refractivity contribution in [3.63, 3.8) is 0 Å². The van der Waals surface area contributed by atoms with E-state index in [1.54, 1.807) is 37.3 Å². The summed E-state index contributed by atoms with van der Waals surface area (Å²) >= 11 is 0. The standard InChI is InChI=1S/C20H20N2O4S/c1-5-15-7-6-8-16(11-15)22(13-19(23)21-3)20(24)18-12-17(27(4,25)26)10-9-14(18)2/h1,6-12H,13H2,2-4H3,(H,21,23). The zero-order valence-electron chi connectivity index (χ0n) is 15.3. The van der Waals surface area contributed by atoms with E-state index in [1.165, 1.54) is 24.1 Å². The molecule has 2 aromatic carbocycles. The number of rotatable bonds is 5. The molecule has 140 valence electrons. The van der Waals surface area contributed by atoms with Crippen LogP contribution in [0.5, 0.6) is 0 Å². The zero-order valence-corrected chi connectivity index (χ0v) is 16.1. The molecular formula is C20H20N2O4S. The van der Waals surface area contributed by atoms with Crippen molar-refractivity contribution >= 4 is 27.3 Å². The number of hydrogen-bond donors (Lipinski definition) is 1. The Balaban J connectivity index is 2.57. The fourth-order valence-electron chi connectivity index (χ4n) is 2.47. The molecule has 0 saturated carbocycles. The van der Waals surface area contributed by atoms with Crippen LogP contribution in [0.2, 0.25) is 0 Å². The van der Waals surface area contributed by atoms with Crippen LogP contribution >= 0.6 is 0 Å². The first kappa shape index (κ1) is 20.2. The number of terminal acetylenes is 1. The second kappa shape index (κ2) is 8.06. The average Bonchev–Trinajstić information content (AvgIpc) is 2.64. The number of carbonyl (C=O) groups excluding carboxylic acids is 2. The lowest BCUT2D eigenvalue weighted by molar-refractivity contribution is -0.119. The Morgan fingerprint density at radius 1 is 1.19 bits per heavy atom. The molecule has 27 heavy (non-hydrogen) atoms. The van der Waals surface area contributed by atoms with Crippen LogP contribution in [0.15, 0.2) is 47.4 Å². The average molecular weight is 384 g/mol. The number of aryl methyl sites for hydroxylation is 1. The van der Waals surface area contributed by atoms with Crippen LogP contribution in [0, 0.1) is 19.3 Å². The Bertz CT molecular complexity index is 1040. The Kier molecular flexibility index (Phi) is 6.03. The second-order valence-corrected chi connectivity index (χ2v) is 8.02. The van der Waals surface area contributed by atoms with E-state index in [4.69, 9.17) is 6.42 Å². The van der Waals surface area contributed by atoms with Gasteiger partial charge in [-0.25, -0.2) is 8.42 Å². The molecule has 0 aliphatic rings. The summed E-state index contributed by atoms with van der Waals surface area (Å²) in [6.45, 7) is 1.47. The first-order chi connectivity index (χ1) is 12.7. The Morgan fingerprint density at radius 2 is 1.89 bits per heavy atom. The molecule has 0 radical (unpaired) electrons. The van der Waals surface area contributed by atoms with E-state index in [9.17, 15) is 18.0 Å². The largest absolute Gasteiger partial charge is 0.358 e. The van der Waals surface area contributed by atoms with Crippen molar-refractivity contribution in [1.82, 2.24) is 5.32 Å². The SMILES string of the molecule is C#Cc1cccc(N(CC(=O)NC)C(=O)c2cc(S(C)(=O)=O)ccc2C)c1. The lowest BCUT2D eigenvalue weighted by Crippen LogP contribution is -2.40. The van der Waals surface area contributed by atoms with Gasteiger partial charge in [-0.2, -0.15) is 0 Å². The van der Waals surface area contributed by atoms with Crippen LogP contribution in [0.3, 0.4) is 0 Å². The number of nitrogens with zero attached hydrogens (tertiary/aromatic N) is 1. The van der Waals surface area contributed by atoms with Gasteiger partial charge < -0.3 is 5.32 Å². The van der Waals surface area contributed by atoms with Crippen LogP contribution in [0.4, 0.5) is 5.69 Å². The van der Waals surface area contributed by atoms with E-state index >= 15 is 0 Å². The van der Waals surface area contributed by atoms with Crippen molar-refractivity contribution in [2.75, 3.05) is 24.7 Å². The molecule has 0 aliphatic heterocycles. The number of benzene rings is 2. The first-order valence-corrected chi connectivity index (χ1v) is 9.96. The Morgan fingerprint density at radius 3 is 2.48 bits per heavy atom. The van der Waals surface area contributed by atoms with Crippen LogP contribution in [0.1, 0.15) is 21.5 Å². The molecule has 7 heteroatoms. The van der Waals surface area contributed by atoms with Gasteiger partial charge >= 0.3 is 0 Å². The lowest BCUT2D eigenvalue weighted by atomic mass is 10.1. The van der Waals surface area contributed by atoms with E-state index in [1.807, 2.05) is 0 Å². The number of carbonyl (C=O) groups is 2. The van der Waals surface area contributed by atoms with E-state index in [-0.39, 0.29) is 22.9 Å². The highest BCUT2D eigenvalue weighted by Gasteiger charge is 2.23.